The highest BCUT2D eigenvalue weighted by Crippen LogP contribution is 2.48. The van der Waals surface area contributed by atoms with Gasteiger partial charge in [0.05, 0.1) is 25.9 Å². The highest BCUT2D eigenvalue weighted by Gasteiger charge is 2.24. The Bertz CT molecular complexity index is 288. The van der Waals surface area contributed by atoms with Crippen LogP contribution in [-0.2, 0) is 18.4 Å². The van der Waals surface area contributed by atoms with Crippen LogP contribution in [0.25, 0.3) is 0 Å². The molecule has 0 aliphatic carbocycles. The molecule has 0 aliphatic rings. The largest absolute Gasteiger partial charge is 0.345 e. The first kappa shape index (κ1) is 15.2. The van der Waals surface area contributed by atoms with Crippen molar-refractivity contribution < 1.29 is 18.4 Å². The van der Waals surface area contributed by atoms with E-state index in [1.165, 1.54) is 0 Å². The molecule has 0 saturated heterocycles. The van der Waals surface area contributed by atoms with E-state index in [9.17, 15) is 9.36 Å². The maximum atomic E-state index is 11.9. The maximum Gasteiger partial charge on any atom is 0.331 e. The number of hydrogen-bond donors (Lipinski definition) is 1. The number of carbonyl (C=O) groups is 1. The molecule has 0 unspecified atom stereocenters. The summed E-state index contributed by atoms with van der Waals surface area (Å²) in [6, 6.07) is 0. The second kappa shape index (κ2) is 8.35. The third kappa shape index (κ3) is 6.62. The van der Waals surface area contributed by atoms with E-state index in [1.54, 1.807) is 13.8 Å². The lowest BCUT2D eigenvalue weighted by Crippen LogP contribution is -2.24. The zero-order valence-corrected chi connectivity index (χ0v) is 10.6. The van der Waals surface area contributed by atoms with E-state index >= 15 is 0 Å². The van der Waals surface area contributed by atoms with E-state index in [2.05, 4.69) is 11.2 Å². The van der Waals surface area contributed by atoms with Crippen LogP contribution in [0.15, 0.2) is 0 Å². The molecule has 0 fully saturated rings. The summed E-state index contributed by atoms with van der Waals surface area (Å²) in [6.07, 6.45) is 5.14. The first-order valence-electron chi connectivity index (χ1n) is 5.16. The smallest absolute Gasteiger partial charge is 0.331 e. The summed E-state index contributed by atoms with van der Waals surface area (Å²) in [6.45, 7) is 4.22. The van der Waals surface area contributed by atoms with Crippen molar-refractivity contribution >= 4 is 13.5 Å². The van der Waals surface area contributed by atoms with Gasteiger partial charge >= 0.3 is 7.60 Å². The van der Waals surface area contributed by atoms with Crippen LogP contribution in [0.1, 0.15) is 20.3 Å². The van der Waals surface area contributed by atoms with Crippen molar-refractivity contribution in [2.45, 2.75) is 20.3 Å². The standard InChI is InChI=1S/C10H18NO4P/c1-4-8-11-10(12)7-9-16(13,14-5-2)15-6-3/h1H,5-9H2,2-3H3,(H,11,12). The summed E-state index contributed by atoms with van der Waals surface area (Å²) >= 11 is 0. The van der Waals surface area contributed by atoms with Crippen LogP contribution in [-0.4, -0.2) is 31.8 Å². The van der Waals surface area contributed by atoms with Crippen LogP contribution in [0.3, 0.4) is 0 Å². The second-order valence-corrected chi connectivity index (χ2v) is 5.09. The first-order chi connectivity index (χ1) is 7.58. The van der Waals surface area contributed by atoms with Crippen LogP contribution in [0, 0.1) is 12.3 Å². The van der Waals surface area contributed by atoms with Gasteiger partial charge in [0.2, 0.25) is 5.91 Å². The van der Waals surface area contributed by atoms with Crippen molar-refractivity contribution in [2.75, 3.05) is 25.9 Å². The molecule has 5 nitrogen and oxygen atoms in total. The molecule has 92 valence electrons. The normalized spacial score (nSPS) is 10.8. The van der Waals surface area contributed by atoms with E-state index in [4.69, 9.17) is 15.5 Å². The molecule has 0 aliphatic heterocycles. The molecule has 0 spiro atoms. The summed E-state index contributed by atoms with van der Waals surface area (Å²) in [4.78, 5) is 11.2. The minimum absolute atomic E-state index is 0.0745. The molecule has 0 aromatic carbocycles. The van der Waals surface area contributed by atoms with Gasteiger partial charge in [-0.3, -0.25) is 9.36 Å². The van der Waals surface area contributed by atoms with Crippen molar-refractivity contribution in [1.29, 1.82) is 0 Å². The lowest BCUT2D eigenvalue weighted by atomic mass is 10.4. The predicted molar refractivity (Wildman–Crippen MR) is 62.2 cm³/mol. The average Bonchev–Trinajstić information content (AvgIpc) is 2.24. The van der Waals surface area contributed by atoms with Gasteiger partial charge < -0.3 is 14.4 Å². The van der Waals surface area contributed by atoms with Gasteiger partial charge in [0.25, 0.3) is 0 Å². The summed E-state index contributed by atoms with van der Waals surface area (Å²) < 4.78 is 22.0. The summed E-state index contributed by atoms with van der Waals surface area (Å²) in [5.41, 5.74) is 0. The zero-order valence-electron chi connectivity index (χ0n) is 9.69. The second-order valence-electron chi connectivity index (χ2n) is 2.90. The molecule has 0 radical (unpaired) electrons. The van der Waals surface area contributed by atoms with Crippen LogP contribution in [0.5, 0.6) is 0 Å². The summed E-state index contributed by atoms with van der Waals surface area (Å²) in [5.74, 6) is 2.03. The monoisotopic (exact) mass is 247 g/mol. The molecule has 0 bridgehead atoms. The van der Waals surface area contributed by atoms with Gasteiger partial charge in [0.15, 0.2) is 0 Å². The van der Waals surface area contributed by atoms with Crippen molar-refractivity contribution in [3.05, 3.63) is 0 Å². The topological polar surface area (TPSA) is 64.6 Å². The number of rotatable bonds is 8. The Labute approximate surface area is 96.4 Å². The van der Waals surface area contributed by atoms with E-state index in [-0.39, 0.29) is 25.0 Å². The van der Waals surface area contributed by atoms with Crippen LogP contribution >= 0.6 is 7.60 Å². The Morgan fingerprint density at radius 3 is 2.38 bits per heavy atom. The third-order valence-electron chi connectivity index (χ3n) is 1.65. The fourth-order valence-electron chi connectivity index (χ4n) is 1.04. The lowest BCUT2D eigenvalue weighted by Gasteiger charge is -2.16. The van der Waals surface area contributed by atoms with Gasteiger partial charge in [-0.05, 0) is 13.8 Å². The van der Waals surface area contributed by atoms with Gasteiger partial charge in [-0.15, -0.1) is 6.42 Å². The molecule has 1 N–H and O–H groups in total. The summed E-state index contributed by atoms with van der Waals surface area (Å²) in [7, 11) is -3.12. The minimum Gasteiger partial charge on any atom is -0.345 e. The number of terminal acetylenes is 1. The fourth-order valence-corrected chi connectivity index (χ4v) is 2.63. The zero-order chi connectivity index (χ0) is 12.4. The van der Waals surface area contributed by atoms with Crippen molar-refractivity contribution in [1.82, 2.24) is 5.32 Å². The van der Waals surface area contributed by atoms with Crippen molar-refractivity contribution in [3.8, 4) is 12.3 Å². The van der Waals surface area contributed by atoms with Crippen molar-refractivity contribution in [3.63, 3.8) is 0 Å². The lowest BCUT2D eigenvalue weighted by molar-refractivity contribution is -0.120. The van der Waals surface area contributed by atoms with E-state index < -0.39 is 7.60 Å². The number of nitrogens with one attached hydrogen (secondary N) is 1. The SMILES string of the molecule is C#CCNC(=O)CCP(=O)(OCC)OCC. The summed E-state index contributed by atoms with van der Waals surface area (Å²) in [5, 5.41) is 2.48. The number of hydrogen-bond acceptors (Lipinski definition) is 4. The van der Waals surface area contributed by atoms with Gasteiger partial charge in [-0.2, -0.15) is 0 Å². The van der Waals surface area contributed by atoms with Gasteiger partial charge in [0, 0.05) is 6.42 Å². The Morgan fingerprint density at radius 2 is 1.94 bits per heavy atom. The fraction of sp³-hybridized carbons (Fsp3) is 0.700. The minimum atomic E-state index is -3.12. The highest BCUT2D eigenvalue weighted by molar-refractivity contribution is 7.53. The Hall–Kier alpha value is -0.820. The van der Waals surface area contributed by atoms with Crippen LogP contribution < -0.4 is 5.32 Å². The quantitative estimate of drug-likeness (QED) is 0.520. The predicted octanol–water partition coefficient (Wildman–Crippen LogP) is 1.39. The van der Waals surface area contributed by atoms with E-state index in [0.29, 0.717) is 13.2 Å². The molecule has 16 heavy (non-hydrogen) atoms. The molecular formula is C10H18NO4P. The Kier molecular flexibility index (Phi) is 7.92. The Balaban J connectivity index is 4.07. The van der Waals surface area contributed by atoms with Crippen molar-refractivity contribution in [2.24, 2.45) is 0 Å². The molecule has 0 atom stereocenters. The molecule has 6 heteroatoms. The van der Waals surface area contributed by atoms with E-state index in [1.807, 2.05) is 0 Å². The molecule has 0 aromatic heterocycles. The van der Waals surface area contributed by atoms with Gasteiger partial charge in [-0.25, -0.2) is 0 Å². The third-order valence-corrected chi connectivity index (χ3v) is 3.73. The highest BCUT2D eigenvalue weighted by atomic mass is 31.2. The van der Waals surface area contributed by atoms with E-state index in [0.717, 1.165) is 0 Å². The van der Waals surface area contributed by atoms with Gasteiger partial charge in [0.1, 0.15) is 0 Å². The van der Waals surface area contributed by atoms with Crippen LogP contribution in [0.4, 0.5) is 0 Å². The molecule has 0 saturated carbocycles. The number of carbonyl (C=O) groups excluding carboxylic acids is 1. The molecule has 0 heterocycles. The van der Waals surface area contributed by atoms with Gasteiger partial charge in [-0.1, -0.05) is 5.92 Å². The molecule has 0 aromatic rings. The Morgan fingerprint density at radius 1 is 1.38 bits per heavy atom. The molecule has 1 amide bonds. The first-order valence-corrected chi connectivity index (χ1v) is 6.89. The number of amides is 1. The maximum absolute atomic E-state index is 11.9. The van der Waals surface area contributed by atoms with Crippen LogP contribution in [0.2, 0.25) is 0 Å². The molecular weight excluding hydrogens is 229 g/mol. The average molecular weight is 247 g/mol. The molecule has 0 rings (SSSR count).